The molecular formula is C12H19N. The molecule has 0 spiro atoms. The van der Waals surface area contributed by atoms with Gasteiger partial charge in [-0.2, -0.15) is 0 Å². The smallest absolute Gasteiger partial charge is 0.00457 e. The second kappa shape index (κ2) is 5.76. The van der Waals surface area contributed by atoms with Crippen molar-refractivity contribution in [2.24, 2.45) is 11.7 Å². The second-order valence-electron chi connectivity index (χ2n) is 3.58. The van der Waals surface area contributed by atoms with Crippen LogP contribution in [-0.2, 0) is 6.42 Å². The zero-order valence-electron chi connectivity index (χ0n) is 8.37. The van der Waals surface area contributed by atoms with Crippen LogP contribution >= 0.6 is 0 Å². The third-order valence-electron chi connectivity index (χ3n) is 2.40. The van der Waals surface area contributed by atoms with Crippen molar-refractivity contribution in [3.05, 3.63) is 35.9 Å². The van der Waals surface area contributed by atoms with Gasteiger partial charge in [-0.1, -0.05) is 43.7 Å². The van der Waals surface area contributed by atoms with Gasteiger partial charge in [0.2, 0.25) is 0 Å². The first-order chi connectivity index (χ1) is 6.36. The van der Waals surface area contributed by atoms with E-state index in [0.717, 1.165) is 13.0 Å². The molecule has 0 heterocycles. The summed E-state index contributed by atoms with van der Waals surface area (Å²) in [6.45, 7) is 3.02. The largest absolute Gasteiger partial charge is 0.330 e. The summed E-state index contributed by atoms with van der Waals surface area (Å²) in [5.74, 6) is 0.660. The molecule has 13 heavy (non-hydrogen) atoms. The molecule has 0 aliphatic rings. The fraction of sp³-hybridized carbons (Fsp3) is 0.500. The number of benzene rings is 1. The lowest BCUT2D eigenvalue weighted by atomic mass is 9.95. The topological polar surface area (TPSA) is 26.0 Å². The van der Waals surface area contributed by atoms with Gasteiger partial charge in [0.15, 0.2) is 0 Å². The lowest BCUT2D eigenvalue weighted by molar-refractivity contribution is 0.487. The summed E-state index contributed by atoms with van der Waals surface area (Å²) < 4.78 is 0. The SMILES string of the molecule is CCC[C@H](CN)Cc1ccccc1. The van der Waals surface area contributed by atoms with Gasteiger partial charge in [-0.05, 0) is 30.9 Å². The van der Waals surface area contributed by atoms with Gasteiger partial charge in [0, 0.05) is 0 Å². The van der Waals surface area contributed by atoms with Gasteiger partial charge in [0.1, 0.15) is 0 Å². The maximum absolute atomic E-state index is 5.71. The van der Waals surface area contributed by atoms with Crippen LogP contribution in [0, 0.1) is 5.92 Å². The molecule has 0 saturated carbocycles. The van der Waals surface area contributed by atoms with Crippen LogP contribution < -0.4 is 5.73 Å². The van der Waals surface area contributed by atoms with Gasteiger partial charge in [-0.3, -0.25) is 0 Å². The molecule has 1 atom stereocenters. The second-order valence-corrected chi connectivity index (χ2v) is 3.58. The van der Waals surface area contributed by atoms with Gasteiger partial charge in [0.25, 0.3) is 0 Å². The van der Waals surface area contributed by atoms with Crippen molar-refractivity contribution >= 4 is 0 Å². The van der Waals surface area contributed by atoms with Crippen molar-refractivity contribution in [2.75, 3.05) is 6.54 Å². The molecule has 0 amide bonds. The molecule has 1 aromatic carbocycles. The molecular weight excluding hydrogens is 158 g/mol. The molecule has 0 unspecified atom stereocenters. The molecule has 0 bridgehead atoms. The maximum atomic E-state index is 5.71. The van der Waals surface area contributed by atoms with E-state index in [-0.39, 0.29) is 0 Å². The molecule has 2 N–H and O–H groups in total. The van der Waals surface area contributed by atoms with Gasteiger partial charge < -0.3 is 5.73 Å². The summed E-state index contributed by atoms with van der Waals surface area (Å²) in [6, 6.07) is 10.6. The van der Waals surface area contributed by atoms with Crippen molar-refractivity contribution in [1.82, 2.24) is 0 Å². The standard InChI is InChI=1S/C12H19N/c1-2-6-12(10-13)9-11-7-4-3-5-8-11/h3-5,7-8,12H,2,6,9-10,13H2,1H3/t12-/m0/s1. The molecule has 0 aliphatic heterocycles. The molecule has 1 rings (SSSR count). The number of nitrogens with two attached hydrogens (primary N) is 1. The summed E-state index contributed by atoms with van der Waals surface area (Å²) in [5.41, 5.74) is 7.12. The molecule has 0 radical (unpaired) electrons. The summed E-state index contributed by atoms with van der Waals surface area (Å²) in [6.07, 6.45) is 3.60. The van der Waals surface area contributed by atoms with Gasteiger partial charge >= 0.3 is 0 Å². The van der Waals surface area contributed by atoms with Crippen LogP contribution in [0.25, 0.3) is 0 Å². The maximum Gasteiger partial charge on any atom is -0.00457 e. The zero-order valence-corrected chi connectivity index (χ0v) is 8.37. The first kappa shape index (κ1) is 10.3. The molecule has 0 aromatic heterocycles. The van der Waals surface area contributed by atoms with Crippen molar-refractivity contribution in [3.8, 4) is 0 Å². The number of hydrogen-bond donors (Lipinski definition) is 1. The van der Waals surface area contributed by atoms with E-state index in [9.17, 15) is 0 Å². The van der Waals surface area contributed by atoms with Crippen LogP contribution in [0.5, 0.6) is 0 Å². The van der Waals surface area contributed by atoms with Crippen molar-refractivity contribution < 1.29 is 0 Å². The lowest BCUT2D eigenvalue weighted by Gasteiger charge is -2.12. The molecule has 72 valence electrons. The van der Waals surface area contributed by atoms with Crippen LogP contribution in [0.4, 0.5) is 0 Å². The van der Waals surface area contributed by atoms with Crippen LogP contribution in [0.3, 0.4) is 0 Å². The highest BCUT2D eigenvalue weighted by Gasteiger charge is 2.05. The van der Waals surface area contributed by atoms with Crippen LogP contribution in [0.2, 0.25) is 0 Å². The monoisotopic (exact) mass is 177 g/mol. The fourth-order valence-corrected chi connectivity index (χ4v) is 1.66. The highest BCUT2D eigenvalue weighted by molar-refractivity contribution is 5.15. The average Bonchev–Trinajstić information content (AvgIpc) is 2.19. The Balaban J connectivity index is 2.46. The third-order valence-corrected chi connectivity index (χ3v) is 2.40. The van der Waals surface area contributed by atoms with Crippen molar-refractivity contribution in [2.45, 2.75) is 26.2 Å². The summed E-state index contributed by atoms with van der Waals surface area (Å²) in [7, 11) is 0. The normalized spacial score (nSPS) is 12.8. The summed E-state index contributed by atoms with van der Waals surface area (Å²) in [5, 5.41) is 0. The third kappa shape index (κ3) is 3.60. The van der Waals surface area contributed by atoms with E-state index in [1.807, 2.05) is 0 Å². The number of hydrogen-bond acceptors (Lipinski definition) is 1. The average molecular weight is 177 g/mol. The minimum atomic E-state index is 0.660. The van der Waals surface area contributed by atoms with E-state index in [2.05, 4.69) is 37.3 Å². The van der Waals surface area contributed by atoms with E-state index in [1.165, 1.54) is 18.4 Å². The zero-order chi connectivity index (χ0) is 9.52. The van der Waals surface area contributed by atoms with Crippen LogP contribution in [-0.4, -0.2) is 6.54 Å². The Kier molecular flexibility index (Phi) is 4.55. The Morgan fingerprint density at radius 1 is 1.23 bits per heavy atom. The molecule has 1 nitrogen and oxygen atoms in total. The molecule has 0 aliphatic carbocycles. The first-order valence-electron chi connectivity index (χ1n) is 5.10. The Morgan fingerprint density at radius 3 is 2.46 bits per heavy atom. The first-order valence-corrected chi connectivity index (χ1v) is 5.10. The number of rotatable bonds is 5. The van der Waals surface area contributed by atoms with E-state index >= 15 is 0 Å². The predicted octanol–water partition coefficient (Wildman–Crippen LogP) is 2.60. The Morgan fingerprint density at radius 2 is 1.92 bits per heavy atom. The predicted molar refractivity (Wildman–Crippen MR) is 57.6 cm³/mol. The van der Waals surface area contributed by atoms with E-state index in [0.29, 0.717) is 5.92 Å². The lowest BCUT2D eigenvalue weighted by Crippen LogP contribution is -2.16. The fourth-order valence-electron chi connectivity index (χ4n) is 1.66. The van der Waals surface area contributed by atoms with E-state index in [4.69, 9.17) is 5.73 Å². The van der Waals surface area contributed by atoms with Crippen molar-refractivity contribution in [1.29, 1.82) is 0 Å². The quantitative estimate of drug-likeness (QED) is 0.735. The minimum Gasteiger partial charge on any atom is -0.330 e. The van der Waals surface area contributed by atoms with Gasteiger partial charge in [-0.25, -0.2) is 0 Å². The molecule has 1 aromatic rings. The van der Waals surface area contributed by atoms with Gasteiger partial charge in [-0.15, -0.1) is 0 Å². The highest BCUT2D eigenvalue weighted by atomic mass is 14.5. The minimum absolute atomic E-state index is 0.660. The van der Waals surface area contributed by atoms with E-state index < -0.39 is 0 Å². The molecule has 0 fully saturated rings. The highest BCUT2D eigenvalue weighted by Crippen LogP contribution is 2.12. The molecule has 1 heteroatoms. The van der Waals surface area contributed by atoms with Crippen LogP contribution in [0.1, 0.15) is 25.3 Å². The van der Waals surface area contributed by atoms with Gasteiger partial charge in [0.05, 0.1) is 0 Å². The summed E-state index contributed by atoms with van der Waals surface area (Å²) in [4.78, 5) is 0. The van der Waals surface area contributed by atoms with Crippen molar-refractivity contribution in [3.63, 3.8) is 0 Å². The Bertz CT molecular complexity index is 218. The molecule has 0 saturated heterocycles. The van der Waals surface area contributed by atoms with E-state index in [1.54, 1.807) is 0 Å². The Labute approximate surface area is 81.0 Å². The summed E-state index contributed by atoms with van der Waals surface area (Å²) >= 11 is 0. The van der Waals surface area contributed by atoms with Crippen LogP contribution in [0.15, 0.2) is 30.3 Å². The Hall–Kier alpha value is -0.820.